The fraction of sp³-hybridized carbons (Fsp3) is 0.562. The van der Waals surface area contributed by atoms with Crippen molar-refractivity contribution in [1.82, 2.24) is 5.32 Å². The molecule has 38 heavy (non-hydrogen) atoms. The Morgan fingerprint density at radius 3 is 2.79 bits per heavy atom. The molecule has 5 aliphatic carbocycles. The fourth-order valence-electron chi connectivity index (χ4n) is 9.03. The molecule has 3 N–H and O–H groups in total. The number of unbranched alkanes of at least 4 members (excludes halogenated alkanes) is 1. The zero-order chi connectivity index (χ0) is 26.2. The molecule has 200 valence electrons. The Hall–Kier alpha value is -3.02. The minimum Gasteiger partial charge on any atom is -0.427 e. The van der Waals surface area contributed by atoms with Crippen LogP contribution in [0.4, 0.5) is 0 Å². The largest absolute Gasteiger partial charge is 0.427 e. The highest BCUT2D eigenvalue weighted by Crippen LogP contribution is 2.72. The monoisotopic (exact) mass is 514 g/mol. The lowest BCUT2D eigenvalue weighted by molar-refractivity contribution is -0.135. The first-order valence-corrected chi connectivity index (χ1v) is 14.7. The predicted molar refractivity (Wildman–Crippen MR) is 144 cm³/mol. The minimum atomic E-state index is -0.562. The Balaban J connectivity index is 1.43. The quantitative estimate of drug-likeness (QED) is 0.448. The van der Waals surface area contributed by atoms with E-state index in [1.54, 1.807) is 0 Å². The van der Waals surface area contributed by atoms with Gasteiger partial charge >= 0.3 is 11.9 Å². The van der Waals surface area contributed by atoms with Crippen molar-refractivity contribution in [3.63, 3.8) is 0 Å². The average Bonchev–Trinajstić information content (AvgIpc) is 3.40. The second-order valence-electron chi connectivity index (χ2n) is 12.2. The Kier molecular flexibility index (Phi) is 5.54. The molecule has 0 unspecified atom stereocenters. The first-order chi connectivity index (χ1) is 18.5. The molecule has 3 aliphatic heterocycles. The van der Waals surface area contributed by atoms with E-state index < -0.39 is 5.41 Å². The predicted octanol–water partition coefficient (Wildman–Crippen LogP) is 5.61. The molecule has 8 aliphatic rings. The molecule has 6 nitrogen and oxygen atoms in total. The molecule has 2 bridgehead atoms. The van der Waals surface area contributed by atoms with Gasteiger partial charge in [0.1, 0.15) is 11.5 Å². The van der Waals surface area contributed by atoms with Crippen molar-refractivity contribution in [2.45, 2.75) is 78.1 Å². The Bertz CT molecular complexity index is 1320. The van der Waals surface area contributed by atoms with E-state index in [1.807, 2.05) is 6.08 Å². The van der Waals surface area contributed by atoms with Gasteiger partial charge in [-0.15, -0.1) is 0 Å². The molecule has 8 rings (SSSR count). The number of ether oxygens (including phenoxy) is 2. The maximum Gasteiger partial charge on any atom is 0.340 e. The number of carbonyl (C=O) groups is 2. The van der Waals surface area contributed by atoms with Gasteiger partial charge in [0, 0.05) is 23.6 Å². The van der Waals surface area contributed by atoms with Crippen LogP contribution in [0.25, 0.3) is 0 Å². The smallest absolute Gasteiger partial charge is 0.340 e. The summed E-state index contributed by atoms with van der Waals surface area (Å²) in [6, 6.07) is 0. The molecule has 0 amide bonds. The van der Waals surface area contributed by atoms with Crippen LogP contribution in [0, 0.1) is 29.1 Å². The summed E-state index contributed by atoms with van der Waals surface area (Å²) in [5.74, 6) is 2.88. The number of nitrogens with one attached hydrogen (secondary N) is 1. The Labute approximate surface area is 224 Å². The van der Waals surface area contributed by atoms with Crippen LogP contribution in [-0.4, -0.2) is 18.5 Å². The van der Waals surface area contributed by atoms with Crippen LogP contribution in [0.5, 0.6) is 0 Å². The van der Waals surface area contributed by atoms with Gasteiger partial charge in [-0.1, -0.05) is 38.3 Å². The third kappa shape index (κ3) is 3.18. The van der Waals surface area contributed by atoms with Gasteiger partial charge in [-0.2, -0.15) is 0 Å². The highest BCUT2D eigenvalue weighted by Gasteiger charge is 2.69. The van der Waals surface area contributed by atoms with Gasteiger partial charge in [0.25, 0.3) is 0 Å². The van der Waals surface area contributed by atoms with Crippen LogP contribution in [0.2, 0.25) is 0 Å². The van der Waals surface area contributed by atoms with Gasteiger partial charge < -0.3 is 20.5 Å². The van der Waals surface area contributed by atoms with Crippen molar-refractivity contribution >= 4 is 11.9 Å². The van der Waals surface area contributed by atoms with Crippen molar-refractivity contribution in [3.8, 4) is 0 Å². The maximum atomic E-state index is 13.7. The summed E-state index contributed by atoms with van der Waals surface area (Å²) >= 11 is 0. The number of hydrogen-bond donors (Lipinski definition) is 2. The lowest BCUT2D eigenvalue weighted by atomic mass is 9.43. The molecule has 2 fully saturated rings. The van der Waals surface area contributed by atoms with Crippen molar-refractivity contribution in [3.05, 3.63) is 69.0 Å². The standard InChI is InChI=1S/C32H38N2O4/c1-3-5-7-23-32-12-10-20(21(28(32)31(36)37-23)14-17-11-13-34-24(33)15-17)22-16-19-9-8-18(6-4-2)29-25(19)26(27(22)32)30(35)38-29/h7,11,15,19-20,22,27,34H,3-6,8-10,12-14,16,33H2,1-2H3/b23-7-/t19-,20-,22+,27-,32+/m1/s1. The van der Waals surface area contributed by atoms with E-state index in [0.29, 0.717) is 24.2 Å². The van der Waals surface area contributed by atoms with E-state index in [1.165, 1.54) is 16.7 Å². The van der Waals surface area contributed by atoms with Crippen molar-refractivity contribution < 1.29 is 19.1 Å². The summed E-state index contributed by atoms with van der Waals surface area (Å²) in [6.07, 6.45) is 16.0. The van der Waals surface area contributed by atoms with Crippen LogP contribution < -0.4 is 11.1 Å². The lowest BCUT2D eigenvalue weighted by Crippen LogP contribution is -2.53. The summed E-state index contributed by atoms with van der Waals surface area (Å²) in [7, 11) is 0. The van der Waals surface area contributed by atoms with Crippen molar-refractivity contribution in [2.24, 2.45) is 34.8 Å². The second-order valence-corrected chi connectivity index (χ2v) is 12.2. The highest BCUT2D eigenvalue weighted by molar-refractivity contribution is 6.00. The van der Waals surface area contributed by atoms with Crippen LogP contribution in [0.1, 0.15) is 78.1 Å². The topological polar surface area (TPSA) is 90.7 Å². The first kappa shape index (κ1) is 24.1. The number of dihydropyridines is 1. The SMILES string of the molecule is CCC/C=C1\OC(=O)C2=C(CC3=CCNC(N)=C3)[C@H]3CC[C@]21[C@H]1C2=C4C(=C(CCC)CC[C@@H]4C[C@@H]31)OC2=O. The summed E-state index contributed by atoms with van der Waals surface area (Å²) in [5, 5.41) is 3.16. The molecular weight excluding hydrogens is 476 g/mol. The molecule has 0 radical (unpaired) electrons. The molecule has 1 saturated carbocycles. The van der Waals surface area contributed by atoms with E-state index in [9.17, 15) is 9.59 Å². The molecule has 0 aromatic rings. The van der Waals surface area contributed by atoms with E-state index >= 15 is 0 Å². The number of esters is 2. The number of carbonyl (C=O) groups excluding carboxylic acids is 2. The molecule has 6 heteroatoms. The number of fused-ring (bicyclic) bond motifs is 1. The Morgan fingerprint density at radius 2 is 2.00 bits per heavy atom. The number of hydrogen-bond acceptors (Lipinski definition) is 6. The van der Waals surface area contributed by atoms with E-state index in [-0.39, 0.29) is 23.8 Å². The van der Waals surface area contributed by atoms with E-state index in [4.69, 9.17) is 15.2 Å². The van der Waals surface area contributed by atoms with Crippen LogP contribution in [0.15, 0.2) is 69.0 Å². The van der Waals surface area contributed by atoms with Crippen LogP contribution in [-0.2, 0) is 19.1 Å². The van der Waals surface area contributed by atoms with Gasteiger partial charge in [0.05, 0.1) is 16.8 Å². The van der Waals surface area contributed by atoms with Crippen molar-refractivity contribution in [1.29, 1.82) is 0 Å². The summed E-state index contributed by atoms with van der Waals surface area (Å²) < 4.78 is 12.3. The van der Waals surface area contributed by atoms with E-state index in [2.05, 4.69) is 31.3 Å². The number of cyclic esters (lactones) is 1. The summed E-state index contributed by atoms with van der Waals surface area (Å²) in [4.78, 5) is 27.5. The van der Waals surface area contributed by atoms with Gasteiger partial charge in [0.2, 0.25) is 0 Å². The number of allylic oxidation sites excluding steroid dienone is 7. The minimum absolute atomic E-state index is 0.0469. The first-order valence-electron chi connectivity index (χ1n) is 14.7. The molecule has 5 atom stereocenters. The van der Waals surface area contributed by atoms with Crippen molar-refractivity contribution in [2.75, 3.05) is 6.54 Å². The molecule has 0 aromatic carbocycles. The normalized spacial score (nSPS) is 36.0. The molecule has 0 aromatic heterocycles. The third-order valence-corrected chi connectivity index (χ3v) is 10.3. The zero-order valence-corrected chi connectivity index (χ0v) is 22.5. The molecular formula is C32H38N2O4. The summed E-state index contributed by atoms with van der Waals surface area (Å²) in [5.41, 5.74) is 12.1. The summed E-state index contributed by atoms with van der Waals surface area (Å²) in [6.45, 7) is 5.04. The average molecular weight is 515 g/mol. The number of rotatable bonds is 6. The van der Waals surface area contributed by atoms with Gasteiger partial charge in [-0.3, -0.25) is 0 Å². The molecule has 1 saturated heterocycles. The fourth-order valence-corrected chi connectivity index (χ4v) is 9.03. The highest BCUT2D eigenvalue weighted by atomic mass is 16.5. The van der Waals surface area contributed by atoms with E-state index in [0.717, 1.165) is 92.4 Å². The van der Waals surface area contributed by atoms with Gasteiger partial charge in [0.15, 0.2) is 0 Å². The Morgan fingerprint density at radius 1 is 1.13 bits per heavy atom. The maximum absolute atomic E-state index is 13.7. The van der Waals surface area contributed by atoms with Crippen LogP contribution in [0.3, 0.4) is 0 Å². The third-order valence-electron chi connectivity index (χ3n) is 10.3. The zero-order valence-electron chi connectivity index (χ0n) is 22.5. The van der Waals surface area contributed by atoms with Gasteiger partial charge in [-0.05, 0) is 92.4 Å². The molecule has 1 spiro atoms. The van der Waals surface area contributed by atoms with Crippen LogP contribution >= 0.6 is 0 Å². The lowest BCUT2D eigenvalue weighted by Gasteiger charge is -2.57. The van der Waals surface area contributed by atoms with Gasteiger partial charge in [-0.25, -0.2) is 9.59 Å². The second kappa shape index (κ2) is 8.75. The molecule has 3 heterocycles. The number of nitrogens with two attached hydrogens (primary N) is 1.